The van der Waals surface area contributed by atoms with Crippen LogP contribution in [0.4, 0.5) is 0 Å². The molecular formula is C14H10ClIN2O2. The molecule has 3 aromatic rings. The SMILES string of the molecule is Cc1cc(COc2c(I)cc(Cl)c3cccnc23)on1. The minimum absolute atomic E-state index is 0.310. The summed E-state index contributed by atoms with van der Waals surface area (Å²) in [7, 11) is 0. The van der Waals surface area contributed by atoms with Gasteiger partial charge in [-0.25, -0.2) is 0 Å². The number of halogens is 2. The van der Waals surface area contributed by atoms with E-state index in [1.54, 1.807) is 6.20 Å². The third-order valence-electron chi connectivity index (χ3n) is 2.79. The predicted octanol–water partition coefficient (Wildman–Crippen LogP) is 4.37. The average Bonchev–Trinajstić information content (AvgIpc) is 2.84. The van der Waals surface area contributed by atoms with Crippen molar-refractivity contribution in [3.8, 4) is 5.75 Å². The van der Waals surface area contributed by atoms with Gasteiger partial charge in [-0.05, 0) is 47.7 Å². The normalized spacial score (nSPS) is 10.9. The van der Waals surface area contributed by atoms with Gasteiger partial charge in [-0.1, -0.05) is 16.8 Å². The molecule has 20 heavy (non-hydrogen) atoms. The first-order valence-electron chi connectivity index (χ1n) is 5.93. The predicted molar refractivity (Wildman–Crippen MR) is 85.0 cm³/mol. The van der Waals surface area contributed by atoms with Crippen LogP contribution in [0.3, 0.4) is 0 Å². The Morgan fingerprint density at radius 2 is 2.25 bits per heavy atom. The minimum Gasteiger partial charge on any atom is -0.482 e. The molecule has 0 spiro atoms. The summed E-state index contributed by atoms with van der Waals surface area (Å²) in [6.45, 7) is 2.18. The number of hydrogen-bond donors (Lipinski definition) is 0. The maximum absolute atomic E-state index is 6.23. The summed E-state index contributed by atoms with van der Waals surface area (Å²) in [6, 6.07) is 7.49. The van der Waals surface area contributed by atoms with Gasteiger partial charge in [-0.2, -0.15) is 0 Å². The lowest BCUT2D eigenvalue weighted by Crippen LogP contribution is -1.98. The van der Waals surface area contributed by atoms with Gasteiger partial charge in [-0.15, -0.1) is 0 Å². The zero-order valence-electron chi connectivity index (χ0n) is 10.6. The second-order valence-electron chi connectivity index (χ2n) is 4.29. The fraction of sp³-hybridized carbons (Fsp3) is 0.143. The molecule has 2 heterocycles. The highest BCUT2D eigenvalue weighted by atomic mass is 127. The van der Waals surface area contributed by atoms with Gasteiger partial charge in [0, 0.05) is 17.6 Å². The van der Waals surface area contributed by atoms with E-state index < -0.39 is 0 Å². The molecule has 2 aromatic heterocycles. The zero-order chi connectivity index (χ0) is 14.1. The number of pyridine rings is 1. The van der Waals surface area contributed by atoms with Crippen LogP contribution in [0.1, 0.15) is 11.5 Å². The van der Waals surface area contributed by atoms with Gasteiger partial charge in [0.05, 0.1) is 14.3 Å². The number of rotatable bonds is 3. The van der Waals surface area contributed by atoms with Gasteiger partial charge in [-0.3, -0.25) is 4.98 Å². The highest BCUT2D eigenvalue weighted by molar-refractivity contribution is 14.1. The number of hydrogen-bond acceptors (Lipinski definition) is 4. The maximum Gasteiger partial charge on any atom is 0.174 e. The van der Waals surface area contributed by atoms with E-state index in [1.807, 2.05) is 31.2 Å². The van der Waals surface area contributed by atoms with Crippen molar-refractivity contribution in [3.63, 3.8) is 0 Å². The van der Waals surface area contributed by atoms with Crippen LogP contribution >= 0.6 is 34.2 Å². The standard InChI is InChI=1S/C14H10ClIN2O2/c1-8-5-9(20-18-8)7-19-14-12(16)6-11(15)10-3-2-4-17-13(10)14/h2-6H,7H2,1H3. The van der Waals surface area contributed by atoms with Crippen LogP contribution in [0.2, 0.25) is 5.02 Å². The number of aryl methyl sites for hydroxylation is 1. The van der Waals surface area contributed by atoms with E-state index in [9.17, 15) is 0 Å². The number of ether oxygens (including phenoxy) is 1. The first-order valence-corrected chi connectivity index (χ1v) is 7.38. The molecular weight excluding hydrogens is 391 g/mol. The quantitative estimate of drug-likeness (QED) is 0.613. The van der Waals surface area contributed by atoms with Crippen molar-refractivity contribution in [1.29, 1.82) is 0 Å². The molecule has 0 atom stereocenters. The van der Waals surface area contributed by atoms with Crippen LogP contribution in [0.15, 0.2) is 35.0 Å². The molecule has 0 aliphatic carbocycles. The Kier molecular flexibility index (Phi) is 3.80. The summed E-state index contributed by atoms with van der Waals surface area (Å²) in [5, 5.41) is 5.37. The monoisotopic (exact) mass is 400 g/mol. The van der Waals surface area contributed by atoms with E-state index in [2.05, 4.69) is 32.7 Å². The molecule has 0 unspecified atom stereocenters. The molecule has 0 bridgehead atoms. The third kappa shape index (κ3) is 2.60. The van der Waals surface area contributed by atoms with Gasteiger partial charge in [0.1, 0.15) is 12.1 Å². The van der Waals surface area contributed by atoms with Crippen molar-refractivity contribution in [2.24, 2.45) is 0 Å². The molecule has 0 saturated heterocycles. The lowest BCUT2D eigenvalue weighted by molar-refractivity contribution is 0.249. The molecule has 0 aliphatic rings. The van der Waals surface area contributed by atoms with Crippen molar-refractivity contribution in [3.05, 3.63) is 50.5 Å². The van der Waals surface area contributed by atoms with Gasteiger partial charge in [0.2, 0.25) is 0 Å². The lowest BCUT2D eigenvalue weighted by atomic mass is 10.2. The molecule has 102 valence electrons. The van der Waals surface area contributed by atoms with Gasteiger partial charge < -0.3 is 9.26 Å². The zero-order valence-corrected chi connectivity index (χ0v) is 13.5. The molecule has 0 aliphatic heterocycles. The molecule has 1 aromatic carbocycles. The van der Waals surface area contributed by atoms with Crippen LogP contribution in [0.25, 0.3) is 10.9 Å². The van der Waals surface area contributed by atoms with Crippen molar-refractivity contribution in [2.45, 2.75) is 13.5 Å². The highest BCUT2D eigenvalue weighted by Crippen LogP contribution is 2.35. The second kappa shape index (κ2) is 5.57. The Morgan fingerprint density at radius 3 is 3.00 bits per heavy atom. The van der Waals surface area contributed by atoms with Gasteiger partial charge >= 0.3 is 0 Å². The first-order chi connectivity index (χ1) is 9.65. The third-order valence-corrected chi connectivity index (χ3v) is 3.90. The molecule has 6 heteroatoms. The lowest BCUT2D eigenvalue weighted by Gasteiger charge is -2.10. The highest BCUT2D eigenvalue weighted by Gasteiger charge is 2.13. The Balaban J connectivity index is 1.98. The van der Waals surface area contributed by atoms with Crippen molar-refractivity contribution >= 4 is 45.1 Å². The van der Waals surface area contributed by atoms with Crippen LogP contribution < -0.4 is 4.74 Å². The van der Waals surface area contributed by atoms with Crippen LogP contribution in [0, 0.1) is 10.5 Å². The van der Waals surface area contributed by atoms with Crippen LogP contribution in [-0.4, -0.2) is 10.1 Å². The Hall–Kier alpha value is -1.34. The van der Waals surface area contributed by atoms with Gasteiger partial charge in [0.25, 0.3) is 0 Å². The second-order valence-corrected chi connectivity index (χ2v) is 5.86. The van der Waals surface area contributed by atoms with Crippen LogP contribution in [-0.2, 0) is 6.61 Å². The number of fused-ring (bicyclic) bond motifs is 1. The number of nitrogens with zero attached hydrogens (tertiary/aromatic N) is 2. The smallest absolute Gasteiger partial charge is 0.174 e. The summed E-state index contributed by atoms with van der Waals surface area (Å²) in [6.07, 6.45) is 1.72. The van der Waals surface area contributed by atoms with E-state index in [1.165, 1.54) is 0 Å². The van der Waals surface area contributed by atoms with Crippen molar-refractivity contribution in [2.75, 3.05) is 0 Å². The fourth-order valence-electron chi connectivity index (χ4n) is 1.91. The summed E-state index contributed by atoms with van der Waals surface area (Å²) >= 11 is 8.41. The molecule has 0 fully saturated rings. The molecule has 4 nitrogen and oxygen atoms in total. The van der Waals surface area contributed by atoms with E-state index in [4.69, 9.17) is 20.9 Å². The van der Waals surface area contributed by atoms with E-state index in [0.717, 1.165) is 20.2 Å². The molecule has 0 saturated carbocycles. The number of benzene rings is 1. The van der Waals surface area contributed by atoms with E-state index >= 15 is 0 Å². The molecule has 0 amide bonds. The number of aromatic nitrogens is 2. The Bertz CT molecular complexity index is 773. The summed E-state index contributed by atoms with van der Waals surface area (Å²) < 4.78 is 11.9. The minimum atomic E-state index is 0.310. The Morgan fingerprint density at radius 1 is 1.40 bits per heavy atom. The molecule has 3 rings (SSSR count). The Labute approximate surface area is 134 Å². The summed E-state index contributed by atoms with van der Waals surface area (Å²) in [5.74, 6) is 1.39. The van der Waals surface area contributed by atoms with Crippen molar-refractivity contribution in [1.82, 2.24) is 10.1 Å². The average molecular weight is 401 g/mol. The molecule has 0 radical (unpaired) electrons. The van der Waals surface area contributed by atoms with Crippen molar-refractivity contribution < 1.29 is 9.26 Å². The maximum atomic E-state index is 6.23. The fourth-order valence-corrected chi connectivity index (χ4v) is 3.08. The van der Waals surface area contributed by atoms with E-state index in [0.29, 0.717) is 23.1 Å². The van der Waals surface area contributed by atoms with E-state index in [-0.39, 0.29) is 0 Å². The largest absolute Gasteiger partial charge is 0.482 e. The summed E-state index contributed by atoms with van der Waals surface area (Å²) in [5.41, 5.74) is 1.58. The van der Waals surface area contributed by atoms with Crippen LogP contribution in [0.5, 0.6) is 5.75 Å². The van der Waals surface area contributed by atoms with Gasteiger partial charge in [0.15, 0.2) is 11.5 Å². The topological polar surface area (TPSA) is 48.2 Å². The first kappa shape index (κ1) is 13.6. The summed E-state index contributed by atoms with van der Waals surface area (Å²) in [4.78, 5) is 4.36. The molecule has 0 N–H and O–H groups in total.